The van der Waals surface area contributed by atoms with Crippen LogP contribution in [-0.4, -0.2) is 54.2 Å². The number of phenolic OH excluding ortho intramolecular Hbond substituents is 1. The normalized spacial score (nSPS) is 26.8. The first-order valence-electron chi connectivity index (χ1n) is 12.9. The lowest BCUT2D eigenvalue weighted by molar-refractivity contribution is -0.140. The number of methoxy groups -OCH3 is 2. The number of aromatic hydroxyl groups is 1. The van der Waals surface area contributed by atoms with Crippen molar-refractivity contribution in [1.82, 2.24) is 4.90 Å². The van der Waals surface area contributed by atoms with E-state index in [0.29, 0.717) is 41.7 Å². The van der Waals surface area contributed by atoms with Crippen LogP contribution in [0.1, 0.15) is 38.7 Å². The number of fused-ring (bicyclic) bond motifs is 3. The molecule has 1 fully saturated rings. The predicted molar refractivity (Wildman–Crippen MR) is 139 cm³/mol. The summed E-state index contributed by atoms with van der Waals surface area (Å²) >= 11 is 0. The van der Waals surface area contributed by atoms with Crippen LogP contribution >= 0.6 is 0 Å². The fourth-order valence-corrected chi connectivity index (χ4v) is 6.39. The Morgan fingerprint density at radius 3 is 2.37 bits per heavy atom. The SMILES string of the molecule is CCCN1C(=O)C2CC=C3C(C=Cc4cc(OC)c(O)c(OC)c4)C4=C(CC3C2C1=O)C(=O)C(C)=CC4=O. The van der Waals surface area contributed by atoms with E-state index >= 15 is 0 Å². The molecule has 0 bridgehead atoms. The molecule has 198 valence electrons. The van der Waals surface area contributed by atoms with E-state index in [1.807, 2.05) is 19.1 Å². The second kappa shape index (κ2) is 9.74. The van der Waals surface area contributed by atoms with Crippen LogP contribution in [0.2, 0.25) is 0 Å². The zero-order valence-electron chi connectivity index (χ0n) is 21.9. The molecule has 1 aromatic rings. The number of imide groups is 1. The molecular formula is C30H31NO7. The average molecular weight is 518 g/mol. The number of hydrogen-bond donors (Lipinski definition) is 1. The summed E-state index contributed by atoms with van der Waals surface area (Å²) in [6.07, 6.45) is 8.39. The van der Waals surface area contributed by atoms with Gasteiger partial charge in [-0.3, -0.25) is 24.1 Å². The Labute approximate surface area is 221 Å². The summed E-state index contributed by atoms with van der Waals surface area (Å²) in [5.74, 6) is -2.22. The maximum atomic E-state index is 13.5. The Morgan fingerprint density at radius 2 is 1.74 bits per heavy atom. The topological polar surface area (TPSA) is 110 Å². The van der Waals surface area contributed by atoms with E-state index < -0.39 is 17.8 Å². The molecule has 1 heterocycles. The maximum absolute atomic E-state index is 13.5. The largest absolute Gasteiger partial charge is 0.502 e. The van der Waals surface area contributed by atoms with Crippen LogP contribution in [0, 0.1) is 23.7 Å². The van der Waals surface area contributed by atoms with E-state index in [0.717, 1.165) is 5.57 Å². The van der Waals surface area contributed by atoms with Crippen LogP contribution in [0.15, 0.2) is 52.7 Å². The Morgan fingerprint density at radius 1 is 1.05 bits per heavy atom. The van der Waals surface area contributed by atoms with Gasteiger partial charge >= 0.3 is 0 Å². The van der Waals surface area contributed by atoms with Gasteiger partial charge in [-0.05, 0) is 55.9 Å². The van der Waals surface area contributed by atoms with Gasteiger partial charge in [-0.25, -0.2) is 0 Å². The first-order valence-corrected chi connectivity index (χ1v) is 12.9. The van der Waals surface area contributed by atoms with Crippen molar-refractivity contribution >= 4 is 29.5 Å². The molecule has 1 saturated heterocycles. The molecule has 0 aromatic heterocycles. The monoisotopic (exact) mass is 517 g/mol. The van der Waals surface area contributed by atoms with Gasteiger partial charge in [0.25, 0.3) is 0 Å². The van der Waals surface area contributed by atoms with Crippen LogP contribution in [0.3, 0.4) is 0 Å². The molecule has 1 aromatic carbocycles. The van der Waals surface area contributed by atoms with Gasteiger partial charge in [0.15, 0.2) is 23.1 Å². The van der Waals surface area contributed by atoms with E-state index in [9.17, 15) is 24.3 Å². The fraction of sp³-hybridized carbons (Fsp3) is 0.400. The number of carbonyl (C=O) groups excluding carboxylic acids is 4. The second-order valence-electron chi connectivity index (χ2n) is 10.2. The molecule has 8 nitrogen and oxygen atoms in total. The summed E-state index contributed by atoms with van der Waals surface area (Å²) in [7, 11) is 2.88. The van der Waals surface area contributed by atoms with E-state index in [1.165, 1.54) is 25.2 Å². The van der Waals surface area contributed by atoms with E-state index in [2.05, 4.69) is 0 Å². The van der Waals surface area contributed by atoms with Gasteiger partial charge in [0.2, 0.25) is 17.6 Å². The molecule has 0 radical (unpaired) electrons. The number of amides is 2. The number of Topliss-reactive ketones (excluding diaryl/α,β-unsaturated/α-hetero) is 1. The Balaban J connectivity index is 1.60. The van der Waals surface area contributed by atoms with Crippen LogP contribution in [0.5, 0.6) is 17.2 Å². The van der Waals surface area contributed by atoms with Crippen molar-refractivity contribution in [3.05, 3.63) is 58.2 Å². The molecule has 3 aliphatic carbocycles. The quantitative estimate of drug-likeness (QED) is 0.347. The lowest BCUT2D eigenvalue weighted by Gasteiger charge is -2.41. The highest BCUT2D eigenvalue weighted by molar-refractivity contribution is 6.23. The number of ether oxygens (including phenoxy) is 2. The number of allylic oxidation sites excluding steroid dienone is 7. The molecule has 4 aliphatic rings. The van der Waals surface area contributed by atoms with Crippen molar-refractivity contribution in [2.24, 2.45) is 23.7 Å². The highest BCUT2D eigenvalue weighted by Crippen LogP contribution is 2.52. The zero-order valence-corrected chi connectivity index (χ0v) is 21.9. The van der Waals surface area contributed by atoms with Crippen molar-refractivity contribution in [2.75, 3.05) is 20.8 Å². The molecule has 1 aliphatic heterocycles. The van der Waals surface area contributed by atoms with Crippen molar-refractivity contribution in [2.45, 2.75) is 33.1 Å². The minimum Gasteiger partial charge on any atom is -0.502 e. The van der Waals surface area contributed by atoms with E-state index in [-0.39, 0.29) is 53.0 Å². The van der Waals surface area contributed by atoms with Gasteiger partial charge < -0.3 is 14.6 Å². The third-order valence-corrected chi connectivity index (χ3v) is 8.13. The van der Waals surface area contributed by atoms with Crippen molar-refractivity contribution in [3.8, 4) is 17.2 Å². The number of nitrogens with zero attached hydrogens (tertiary/aromatic N) is 1. The molecule has 0 saturated carbocycles. The van der Waals surface area contributed by atoms with Gasteiger partial charge in [0.1, 0.15) is 0 Å². The van der Waals surface area contributed by atoms with Crippen molar-refractivity contribution in [1.29, 1.82) is 0 Å². The van der Waals surface area contributed by atoms with Crippen molar-refractivity contribution < 1.29 is 33.8 Å². The summed E-state index contributed by atoms with van der Waals surface area (Å²) in [5.41, 5.74) is 2.80. The van der Waals surface area contributed by atoms with Crippen LogP contribution in [-0.2, 0) is 19.2 Å². The summed E-state index contributed by atoms with van der Waals surface area (Å²) < 4.78 is 10.5. The second-order valence-corrected chi connectivity index (χ2v) is 10.2. The minimum atomic E-state index is -0.540. The maximum Gasteiger partial charge on any atom is 0.233 e. The van der Waals surface area contributed by atoms with Crippen LogP contribution < -0.4 is 9.47 Å². The van der Waals surface area contributed by atoms with E-state index in [4.69, 9.17) is 9.47 Å². The van der Waals surface area contributed by atoms with Gasteiger partial charge in [0, 0.05) is 29.2 Å². The number of benzene rings is 1. The third-order valence-electron chi connectivity index (χ3n) is 8.13. The van der Waals surface area contributed by atoms with Gasteiger partial charge in [-0.1, -0.05) is 30.7 Å². The highest BCUT2D eigenvalue weighted by atomic mass is 16.5. The number of carbonyl (C=O) groups is 4. The zero-order chi connectivity index (χ0) is 27.3. The number of rotatable bonds is 6. The standard InChI is InChI=1S/C30H31NO7/c1-5-10-31-29(35)19-9-8-17-18(7-6-16-12-23(37-3)28(34)24(13-16)38-4)25-21(14-20(17)26(19)30(31)36)27(33)15(2)11-22(25)32/h6-8,11-13,18-20,26,34H,5,9-10,14H2,1-4H3. The smallest absolute Gasteiger partial charge is 0.233 e. The van der Waals surface area contributed by atoms with Crippen molar-refractivity contribution in [3.63, 3.8) is 0 Å². The molecule has 4 atom stereocenters. The molecule has 8 heteroatoms. The van der Waals surface area contributed by atoms with Crippen LogP contribution in [0.4, 0.5) is 0 Å². The highest BCUT2D eigenvalue weighted by Gasteiger charge is 2.55. The fourth-order valence-electron chi connectivity index (χ4n) is 6.39. The summed E-state index contributed by atoms with van der Waals surface area (Å²) in [6, 6.07) is 3.30. The first-order chi connectivity index (χ1) is 18.2. The molecule has 38 heavy (non-hydrogen) atoms. The Bertz CT molecular complexity index is 1350. The molecule has 1 N–H and O–H groups in total. The minimum absolute atomic E-state index is 0.120. The van der Waals surface area contributed by atoms with Gasteiger partial charge in [-0.15, -0.1) is 0 Å². The molecular weight excluding hydrogens is 486 g/mol. The lowest BCUT2D eigenvalue weighted by Crippen LogP contribution is -2.40. The Kier molecular flexibility index (Phi) is 6.59. The number of phenols is 1. The molecule has 2 amide bonds. The lowest BCUT2D eigenvalue weighted by atomic mass is 9.60. The summed E-state index contributed by atoms with van der Waals surface area (Å²) in [6.45, 7) is 3.94. The summed E-state index contributed by atoms with van der Waals surface area (Å²) in [4.78, 5) is 54.4. The first kappa shape index (κ1) is 25.7. The number of ketones is 2. The number of hydrogen-bond acceptors (Lipinski definition) is 7. The third kappa shape index (κ3) is 3.90. The predicted octanol–water partition coefficient (Wildman–Crippen LogP) is 3.79. The molecule has 5 rings (SSSR count). The van der Waals surface area contributed by atoms with Crippen LogP contribution in [0.25, 0.3) is 6.08 Å². The summed E-state index contributed by atoms with van der Waals surface area (Å²) in [5, 5.41) is 10.3. The van der Waals surface area contributed by atoms with E-state index in [1.54, 1.807) is 25.1 Å². The van der Waals surface area contributed by atoms with Gasteiger partial charge in [-0.2, -0.15) is 0 Å². The number of likely N-dealkylation sites (tertiary alicyclic amines) is 1. The molecule has 4 unspecified atom stereocenters. The van der Waals surface area contributed by atoms with Gasteiger partial charge in [0.05, 0.1) is 26.1 Å². The molecule has 0 spiro atoms. The average Bonchev–Trinajstić information content (AvgIpc) is 3.15. The Hall–Kier alpha value is -3.94.